The van der Waals surface area contributed by atoms with Gasteiger partial charge in [0.25, 0.3) is 0 Å². The first-order valence-corrected chi connectivity index (χ1v) is 7.24. The van der Waals surface area contributed by atoms with Gasteiger partial charge in [0.2, 0.25) is 0 Å². The van der Waals surface area contributed by atoms with Crippen LogP contribution in [0.3, 0.4) is 0 Å². The van der Waals surface area contributed by atoms with E-state index in [9.17, 15) is 0 Å². The van der Waals surface area contributed by atoms with E-state index in [4.69, 9.17) is 0 Å². The van der Waals surface area contributed by atoms with Crippen molar-refractivity contribution >= 4 is 11.6 Å². The van der Waals surface area contributed by atoms with Crippen molar-refractivity contribution in [2.24, 2.45) is 0 Å². The second-order valence-electron chi connectivity index (χ2n) is 4.75. The summed E-state index contributed by atoms with van der Waals surface area (Å²) in [6.07, 6.45) is 4.61. The Labute approximate surface area is 116 Å². The monoisotopic (exact) mass is 265 g/mol. The number of nitrogens with one attached hydrogen (secondary N) is 2. The number of anilines is 2. The minimum Gasteiger partial charge on any atom is -0.369 e. The van der Waals surface area contributed by atoms with E-state index in [1.165, 1.54) is 0 Å². The van der Waals surface area contributed by atoms with Crippen LogP contribution in [0, 0.1) is 0 Å². The van der Waals surface area contributed by atoms with Crippen molar-refractivity contribution in [3.05, 3.63) is 12.4 Å². The highest BCUT2D eigenvalue weighted by Gasteiger charge is 2.08. The van der Waals surface area contributed by atoms with E-state index in [2.05, 4.69) is 53.2 Å². The fourth-order valence-corrected chi connectivity index (χ4v) is 1.94. The standard InChI is InChI=1S/C14H27N5/c1-5-8-16-13-9-15-10-14(18-13)17-12(4)11-19(6-2)7-3/h9-10,12H,5-8,11H2,1-4H3,(H2,16,17,18). The summed E-state index contributed by atoms with van der Waals surface area (Å²) in [5.41, 5.74) is 0. The van der Waals surface area contributed by atoms with E-state index in [0.717, 1.165) is 44.2 Å². The normalized spacial score (nSPS) is 12.5. The third-order valence-corrected chi connectivity index (χ3v) is 3.01. The van der Waals surface area contributed by atoms with Gasteiger partial charge in [0.05, 0.1) is 12.4 Å². The first-order valence-electron chi connectivity index (χ1n) is 7.24. The van der Waals surface area contributed by atoms with E-state index in [1.807, 2.05) is 0 Å². The molecule has 5 heteroatoms. The number of nitrogens with zero attached hydrogens (tertiary/aromatic N) is 3. The van der Waals surface area contributed by atoms with Crippen molar-refractivity contribution in [2.75, 3.05) is 36.8 Å². The summed E-state index contributed by atoms with van der Waals surface area (Å²) in [5, 5.41) is 6.65. The molecule has 1 unspecified atom stereocenters. The Morgan fingerprint density at radius 1 is 1.16 bits per heavy atom. The number of hydrogen-bond acceptors (Lipinski definition) is 5. The number of likely N-dealkylation sites (N-methyl/N-ethyl adjacent to an activating group) is 1. The highest BCUT2D eigenvalue weighted by Crippen LogP contribution is 2.08. The molecule has 108 valence electrons. The van der Waals surface area contributed by atoms with Gasteiger partial charge < -0.3 is 15.5 Å². The van der Waals surface area contributed by atoms with Crippen molar-refractivity contribution in [3.63, 3.8) is 0 Å². The lowest BCUT2D eigenvalue weighted by Crippen LogP contribution is -2.35. The summed E-state index contributed by atoms with van der Waals surface area (Å²) >= 11 is 0. The quantitative estimate of drug-likeness (QED) is 0.718. The zero-order valence-corrected chi connectivity index (χ0v) is 12.6. The van der Waals surface area contributed by atoms with Gasteiger partial charge >= 0.3 is 0 Å². The number of aromatic nitrogens is 2. The zero-order chi connectivity index (χ0) is 14.1. The van der Waals surface area contributed by atoms with Gasteiger partial charge in [-0.1, -0.05) is 20.8 Å². The van der Waals surface area contributed by atoms with Crippen molar-refractivity contribution in [3.8, 4) is 0 Å². The lowest BCUT2D eigenvalue weighted by Gasteiger charge is -2.23. The molecule has 0 aromatic carbocycles. The van der Waals surface area contributed by atoms with E-state index in [1.54, 1.807) is 12.4 Å². The summed E-state index contributed by atoms with van der Waals surface area (Å²) in [6.45, 7) is 12.8. The third-order valence-electron chi connectivity index (χ3n) is 3.01. The van der Waals surface area contributed by atoms with Gasteiger partial charge in [-0.3, -0.25) is 4.98 Å². The van der Waals surface area contributed by atoms with Crippen LogP contribution >= 0.6 is 0 Å². The lowest BCUT2D eigenvalue weighted by molar-refractivity contribution is 0.294. The van der Waals surface area contributed by atoms with Crippen LogP contribution in [-0.4, -0.2) is 47.1 Å². The molecule has 1 heterocycles. The SMILES string of the molecule is CCCNc1cncc(NC(C)CN(CC)CC)n1. The largest absolute Gasteiger partial charge is 0.369 e. The minimum atomic E-state index is 0.357. The van der Waals surface area contributed by atoms with Gasteiger partial charge in [0, 0.05) is 19.1 Å². The Kier molecular flexibility index (Phi) is 7.18. The Morgan fingerprint density at radius 2 is 1.84 bits per heavy atom. The molecule has 19 heavy (non-hydrogen) atoms. The van der Waals surface area contributed by atoms with Crippen LogP contribution in [-0.2, 0) is 0 Å². The molecule has 1 aromatic heterocycles. The first kappa shape index (κ1) is 15.7. The van der Waals surface area contributed by atoms with Crippen LogP contribution in [0.15, 0.2) is 12.4 Å². The van der Waals surface area contributed by atoms with Crippen LogP contribution in [0.25, 0.3) is 0 Å². The molecule has 0 bridgehead atoms. The molecule has 0 fully saturated rings. The van der Waals surface area contributed by atoms with E-state index >= 15 is 0 Å². The van der Waals surface area contributed by atoms with Crippen LogP contribution in [0.2, 0.25) is 0 Å². The van der Waals surface area contributed by atoms with Gasteiger partial charge in [-0.2, -0.15) is 0 Å². The summed E-state index contributed by atoms with van der Waals surface area (Å²) in [4.78, 5) is 11.1. The highest BCUT2D eigenvalue weighted by atomic mass is 15.2. The smallest absolute Gasteiger partial charge is 0.147 e. The van der Waals surface area contributed by atoms with Gasteiger partial charge in [0.15, 0.2) is 0 Å². The van der Waals surface area contributed by atoms with Crippen molar-refractivity contribution in [1.29, 1.82) is 0 Å². The molecule has 0 aliphatic heterocycles. The van der Waals surface area contributed by atoms with Crippen LogP contribution < -0.4 is 10.6 Å². The van der Waals surface area contributed by atoms with Gasteiger partial charge in [-0.05, 0) is 26.4 Å². The third kappa shape index (κ3) is 5.87. The predicted octanol–water partition coefficient (Wildman–Crippen LogP) is 2.44. The average molecular weight is 265 g/mol. The molecule has 0 radical (unpaired) electrons. The maximum Gasteiger partial charge on any atom is 0.147 e. The summed E-state index contributed by atoms with van der Waals surface area (Å²) in [7, 11) is 0. The molecule has 0 spiro atoms. The van der Waals surface area contributed by atoms with Gasteiger partial charge in [-0.25, -0.2) is 4.98 Å². The predicted molar refractivity (Wildman–Crippen MR) is 81.7 cm³/mol. The Bertz CT molecular complexity index is 351. The summed E-state index contributed by atoms with van der Waals surface area (Å²) < 4.78 is 0. The van der Waals surface area contributed by atoms with Crippen LogP contribution in [0.4, 0.5) is 11.6 Å². The maximum atomic E-state index is 4.51. The topological polar surface area (TPSA) is 53.1 Å². The van der Waals surface area contributed by atoms with Crippen LogP contribution in [0.5, 0.6) is 0 Å². The maximum absolute atomic E-state index is 4.51. The second kappa shape index (κ2) is 8.69. The highest BCUT2D eigenvalue weighted by molar-refractivity contribution is 5.42. The molecule has 0 aliphatic rings. The van der Waals surface area contributed by atoms with Crippen LogP contribution in [0.1, 0.15) is 34.1 Å². The molecule has 1 atom stereocenters. The van der Waals surface area contributed by atoms with E-state index in [0.29, 0.717) is 6.04 Å². The molecule has 0 amide bonds. The Hall–Kier alpha value is -1.36. The minimum absolute atomic E-state index is 0.357. The Morgan fingerprint density at radius 3 is 2.47 bits per heavy atom. The summed E-state index contributed by atoms with van der Waals surface area (Å²) in [6, 6.07) is 0.357. The van der Waals surface area contributed by atoms with Crippen molar-refractivity contribution < 1.29 is 0 Å². The Balaban J connectivity index is 2.51. The molecule has 0 saturated heterocycles. The lowest BCUT2D eigenvalue weighted by atomic mass is 10.3. The van der Waals surface area contributed by atoms with Gasteiger partial charge in [0.1, 0.15) is 11.6 Å². The van der Waals surface area contributed by atoms with Gasteiger partial charge in [-0.15, -0.1) is 0 Å². The first-order chi connectivity index (χ1) is 9.19. The summed E-state index contributed by atoms with van der Waals surface area (Å²) in [5.74, 6) is 1.67. The molecular formula is C14H27N5. The molecule has 1 aromatic rings. The number of hydrogen-bond donors (Lipinski definition) is 2. The number of rotatable bonds is 9. The van der Waals surface area contributed by atoms with E-state index in [-0.39, 0.29) is 0 Å². The zero-order valence-electron chi connectivity index (χ0n) is 12.6. The molecule has 0 saturated carbocycles. The molecule has 5 nitrogen and oxygen atoms in total. The fraction of sp³-hybridized carbons (Fsp3) is 0.714. The second-order valence-corrected chi connectivity index (χ2v) is 4.75. The van der Waals surface area contributed by atoms with Crippen molar-refractivity contribution in [2.45, 2.75) is 40.2 Å². The van der Waals surface area contributed by atoms with E-state index < -0.39 is 0 Å². The van der Waals surface area contributed by atoms with Crippen molar-refractivity contribution in [1.82, 2.24) is 14.9 Å². The molecule has 0 aliphatic carbocycles. The molecule has 1 rings (SSSR count). The molecule has 2 N–H and O–H groups in total. The molecular weight excluding hydrogens is 238 g/mol. The fourth-order valence-electron chi connectivity index (χ4n) is 1.94. The average Bonchev–Trinajstić information content (AvgIpc) is 2.43.